The quantitative estimate of drug-likeness (QED) is 0.406. The summed E-state index contributed by atoms with van der Waals surface area (Å²) in [5.41, 5.74) is 0. The van der Waals surface area contributed by atoms with E-state index >= 15 is 0 Å². The molecule has 0 bridgehead atoms. The van der Waals surface area contributed by atoms with Gasteiger partial charge in [0.2, 0.25) is 0 Å². The van der Waals surface area contributed by atoms with Crippen molar-refractivity contribution in [3.8, 4) is 0 Å². The number of carbonyl (C=O) groups is 1. The van der Waals surface area contributed by atoms with Gasteiger partial charge in [-0.25, -0.2) is 0 Å². The van der Waals surface area contributed by atoms with E-state index in [1.165, 1.54) is 0 Å². The third kappa shape index (κ3) is 3.38. The molecule has 4 atom stereocenters. The zero-order valence-corrected chi connectivity index (χ0v) is 9.95. The van der Waals surface area contributed by atoms with E-state index in [-0.39, 0.29) is 37.7 Å². The van der Waals surface area contributed by atoms with Crippen molar-refractivity contribution in [1.82, 2.24) is 4.90 Å². The number of aliphatic hydroxyl groups is 3. The van der Waals surface area contributed by atoms with Crippen LogP contribution >= 0.6 is 0 Å². The molecule has 0 aromatic rings. The van der Waals surface area contributed by atoms with Crippen LogP contribution in [0.5, 0.6) is 0 Å². The molecule has 0 radical (unpaired) electrons. The van der Waals surface area contributed by atoms with Gasteiger partial charge in [0.05, 0.1) is 5.97 Å². The molecule has 1 rings (SSSR count). The minimum atomic E-state index is -1.13. The van der Waals surface area contributed by atoms with Crippen LogP contribution in [0.3, 0.4) is 0 Å². The maximum absolute atomic E-state index is 10.7. The maximum Gasteiger partial charge on any atom is 0.0583 e. The topological polar surface area (TPSA) is 104 Å². The summed E-state index contributed by atoms with van der Waals surface area (Å²) in [6.07, 6.45) is 0.451. The van der Waals surface area contributed by atoms with Crippen molar-refractivity contribution in [1.29, 1.82) is 0 Å². The van der Waals surface area contributed by atoms with Gasteiger partial charge in [-0.3, -0.25) is 4.90 Å². The molecule has 1 fully saturated rings. The third-order valence-corrected chi connectivity index (χ3v) is 3.56. The Kier molecular flexibility index (Phi) is 5.32. The fraction of sp³-hybridized carbons (Fsp3) is 0.909. The van der Waals surface area contributed by atoms with Gasteiger partial charge in [0, 0.05) is 44.4 Å². The van der Waals surface area contributed by atoms with Crippen molar-refractivity contribution in [3.63, 3.8) is 0 Å². The molecule has 6 heteroatoms. The lowest BCUT2D eigenvalue weighted by Crippen LogP contribution is -2.40. The van der Waals surface area contributed by atoms with E-state index in [2.05, 4.69) is 0 Å². The Hall–Kier alpha value is -0.690. The van der Waals surface area contributed by atoms with Crippen molar-refractivity contribution < 1.29 is 25.2 Å². The SMILES string of the molecule is CC(C(=O)[O-])N1CC1C(CCO)C(CO)CO. The summed E-state index contributed by atoms with van der Waals surface area (Å²) in [7, 11) is 0. The Bertz CT molecular complexity index is 256. The Morgan fingerprint density at radius 1 is 1.41 bits per heavy atom. The second kappa shape index (κ2) is 6.30. The molecular formula is C11H20NO5-. The Morgan fingerprint density at radius 2 is 2.00 bits per heavy atom. The minimum Gasteiger partial charge on any atom is -0.548 e. The smallest absolute Gasteiger partial charge is 0.0583 e. The summed E-state index contributed by atoms with van der Waals surface area (Å²) < 4.78 is 0. The normalized spacial score (nSPS) is 26.9. The fourth-order valence-electron chi connectivity index (χ4n) is 2.35. The summed E-state index contributed by atoms with van der Waals surface area (Å²) in [6.45, 7) is 1.80. The van der Waals surface area contributed by atoms with Gasteiger partial charge in [0.25, 0.3) is 0 Å². The van der Waals surface area contributed by atoms with Gasteiger partial charge >= 0.3 is 0 Å². The van der Waals surface area contributed by atoms with Gasteiger partial charge in [-0.1, -0.05) is 0 Å². The summed E-state index contributed by atoms with van der Waals surface area (Å²) >= 11 is 0. The average molecular weight is 246 g/mol. The molecule has 3 N–H and O–H groups in total. The molecule has 0 saturated carbocycles. The highest BCUT2D eigenvalue weighted by Gasteiger charge is 2.45. The van der Waals surface area contributed by atoms with Gasteiger partial charge in [-0.2, -0.15) is 0 Å². The Morgan fingerprint density at radius 3 is 2.41 bits per heavy atom. The number of rotatable bonds is 8. The molecule has 0 aromatic heterocycles. The van der Waals surface area contributed by atoms with Crippen LogP contribution in [0.1, 0.15) is 13.3 Å². The zero-order valence-electron chi connectivity index (χ0n) is 9.95. The third-order valence-electron chi connectivity index (χ3n) is 3.56. The fourth-order valence-corrected chi connectivity index (χ4v) is 2.35. The Labute approximate surface area is 100 Å². The van der Waals surface area contributed by atoms with Crippen LogP contribution in [0, 0.1) is 11.8 Å². The first-order valence-corrected chi connectivity index (χ1v) is 5.86. The lowest BCUT2D eigenvalue weighted by Gasteiger charge is -2.25. The monoisotopic (exact) mass is 246 g/mol. The number of carboxylic acids is 1. The van der Waals surface area contributed by atoms with E-state index in [0.29, 0.717) is 13.0 Å². The predicted octanol–water partition coefficient (Wildman–Crippen LogP) is -2.59. The molecule has 1 saturated heterocycles. The van der Waals surface area contributed by atoms with Gasteiger partial charge in [0.15, 0.2) is 0 Å². The number of hydrogen-bond donors (Lipinski definition) is 3. The van der Waals surface area contributed by atoms with Crippen LogP contribution < -0.4 is 5.11 Å². The number of hydrogen-bond acceptors (Lipinski definition) is 6. The number of nitrogens with zero attached hydrogens (tertiary/aromatic N) is 1. The molecule has 1 aliphatic heterocycles. The zero-order chi connectivity index (χ0) is 13.0. The first-order chi connectivity index (χ1) is 8.06. The summed E-state index contributed by atoms with van der Waals surface area (Å²) in [5, 5.41) is 38.0. The van der Waals surface area contributed by atoms with E-state index in [4.69, 9.17) is 15.3 Å². The van der Waals surface area contributed by atoms with E-state index in [0.717, 1.165) is 0 Å². The largest absolute Gasteiger partial charge is 0.548 e. The maximum atomic E-state index is 10.7. The number of carboxylic acid groups (broad SMARTS) is 1. The van der Waals surface area contributed by atoms with Crippen LogP contribution in [-0.2, 0) is 4.79 Å². The molecule has 0 amide bonds. The molecule has 0 aliphatic carbocycles. The Balaban J connectivity index is 2.59. The van der Waals surface area contributed by atoms with Crippen molar-refractivity contribution in [2.24, 2.45) is 11.8 Å². The molecular weight excluding hydrogens is 226 g/mol. The van der Waals surface area contributed by atoms with Crippen molar-refractivity contribution in [2.75, 3.05) is 26.4 Å². The highest BCUT2D eigenvalue weighted by Crippen LogP contribution is 2.34. The molecule has 1 aliphatic rings. The van der Waals surface area contributed by atoms with Crippen LogP contribution in [0.2, 0.25) is 0 Å². The van der Waals surface area contributed by atoms with E-state index in [9.17, 15) is 9.90 Å². The summed E-state index contributed by atoms with van der Waals surface area (Å²) in [4.78, 5) is 12.5. The van der Waals surface area contributed by atoms with E-state index in [1.807, 2.05) is 0 Å². The molecule has 0 spiro atoms. The first-order valence-electron chi connectivity index (χ1n) is 5.86. The lowest BCUT2D eigenvalue weighted by molar-refractivity contribution is -0.309. The molecule has 100 valence electrons. The molecule has 17 heavy (non-hydrogen) atoms. The van der Waals surface area contributed by atoms with E-state index < -0.39 is 12.0 Å². The second-order valence-corrected chi connectivity index (χ2v) is 4.56. The standard InChI is InChI=1S/C11H21NO5/c1-7(11(16)17)12-4-10(12)9(2-3-13)8(5-14)6-15/h7-10,13-15H,2-6H2,1H3,(H,16,17)/p-1. The number of carbonyl (C=O) groups excluding carboxylic acids is 1. The van der Waals surface area contributed by atoms with Gasteiger partial charge in [0.1, 0.15) is 0 Å². The van der Waals surface area contributed by atoms with Crippen LogP contribution in [0.4, 0.5) is 0 Å². The first kappa shape index (κ1) is 14.4. The summed E-state index contributed by atoms with van der Waals surface area (Å²) in [5.74, 6) is -1.53. The number of aliphatic hydroxyl groups excluding tert-OH is 3. The van der Waals surface area contributed by atoms with Crippen LogP contribution in [-0.4, -0.2) is 64.6 Å². The van der Waals surface area contributed by atoms with Gasteiger partial charge in [-0.05, 0) is 19.3 Å². The van der Waals surface area contributed by atoms with Crippen LogP contribution in [0.15, 0.2) is 0 Å². The molecule has 4 unspecified atom stereocenters. The van der Waals surface area contributed by atoms with Crippen molar-refractivity contribution in [2.45, 2.75) is 25.4 Å². The van der Waals surface area contributed by atoms with Crippen molar-refractivity contribution >= 4 is 5.97 Å². The molecule has 6 nitrogen and oxygen atoms in total. The van der Waals surface area contributed by atoms with E-state index in [1.54, 1.807) is 11.8 Å². The average Bonchev–Trinajstić information content (AvgIpc) is 3.08. The minimum absolute atomic E-state index is 0.000602. The lowest BCUT2D eigenvalue weighted by atomic mass is 9.87. The second-order valence-electron chi connectivity index (χ2n) is 4.56. The van der Waals surface area contributed by atoms with Crippen molar-refractivity contribution in [3.05, 3.63) is 0 Å². The highest BCUT2D eigenvalue weighted by atomic mass is 16.4. The van der Waals surface area contributed by atoms with Gasteiger partial charge in [-0.15, -0.1) is 0 Å². The molecule has 0 aromatic carbocycles. The summed E-state index contributed by atoms with van der Waals surface area (Å²) in [6, 6.07) is -0.668. The highest BCUT2D eigenvalue weighted by molar-refractivity contribution is 5.71. The molecule has 1 heterocycles. The van der Waals surface area contributed by atoms with Crippen LogP contribution in [0.25, 0.3) is 0 Å². The predicted molar refractivity (Wildman–Crippen MR) is 57.8 cm³/mol. The number of aliphatic carboxylic acids is 1. The van der Waals surface area contributed by atoms with Gasteiger partial charge < -0.3 is 25.2 Å².